The molecule has 0 spiro atoms. The van der Waals surface area contributed by atoms with Crippen LogP contribution in [-0.4, -0.2) is 5.91 Å². The second-order valence-corrected chi connectivity index (χ2v) is 6.78. The van der Waals surface area contributed by atoms with Gasteiger partial charge in [-0.2, -0.15) is 0 Å². The van der Waals surface area contributed by atoms with Crippen molar-refractivity contribution < 1.29 is 4.79 Å². The molecule has 0 saturated heterocycles. The molecule has 2 nitrogen and oxygen atoms in total. The number of nitrogens with zero attached hydrogens (tertiary/aromatic N) is 1. The summed E-state index contributed by atoms with van der Waals surface area (Å²) in [5.41, 5.74) is 3.92. The van der Waals surface area contributed by atoms with Crippen molar-refractivity contribution in [2.24, 2.45) is 0 Å². The Morgan fingerprint density at radius 2 is 1.77 bits per heavy atom. The number of benzene rings is 2. The zero-order chi connectivity index (χ0) is 14.7. The molecule has 2 aromatic carbocycles. The first-order valence-corrected chi connectivity index (χ1v) is 8.26. The highest BCUT2D eigenvalue weighted by atomic mass is 32.1. The molecule has 3 heterocycles. The van der Waals surface area contributed by atoms with E-state index in [0.29, 0.717) is 0 Å². The molecule has 2 aliphatic heterocycles. The first-order chi connectivity index (χ1) is 10.8. The molecule has 5 rings (SSSR count). The van der Waals surface area contributed by atoms with Gasteiger partial charge in [-0.25, -0.2) is 0 Å². The van der Waals surface area contributed by atoms with Gasteiger partial charge in [0.05, 0.1) is 0 Å². The van der Waals surface area contributed by atoms with E-state index in [2.05, 4.69) is 41.8 Å². The number of carbonyl (C=O) groups excluding carboxylic acids is 1. The summed E-state index contributed by atoms with van der Waals surface area (Å²) < 4.78 is 0. The van der Waals surface area contributed by atoms with Gasteiger partial charge in [0.25, 0.3) is 5.91 Å². The molecular formula is C19H13NOS. The van der Waals surface area contributed by atoms with Gasteiger partial charge in [0.2, 0.25) is 0 Å². The maximum Gasteiger partial charge on any atom is 0.259 e. The zero-order valence-electron chi connectivity index (χ0n) is 11.8. The highest BCUT2D eigenvalue weighted by molar-refractivity contribution is 7.10. The average Bonchev–Trinajstić information content (AvgIpc) is 3.24. The third-order valence-electron chi connectivity index (χ3n) is 4.80. The number of anilines is 1. The normalized spacial score (nSPS) is 21.6. The van der Waals surface area contributed by atoms with Gasteiger partial charge < -0.3 is 0 Å². The second kappa shape index (κ2) is 4.08. The fraction of sp³-hybridized carbons (Fsp3) is 0.105. The number of thiophene rings is 1. The van der Waals surface area contributed by atoms with Gasteiger partial charge in [0.15, 0.2) is 0 Å². The zero-order valence-corrected chi connectivity index (χ0v) is 12.6. The van der Waals surface area contributed by atoms with Crippen molar-refractivity contribution in [1.29, 1.82) is 0 Å². The van der Waals surface area contributed by atoms with Gasteiger partial charge in [-0.3, -0.25) is 9.69 Å². The maximum absolute atomic E-state index is 13.1. The molecular weight excluding hydrogens is 290 g/mol. The molecule has 0 radical (unpaired) electrons. The Kier molecular flexibility index (Phi) is 2.26. The predicted octanol–water partition coefficient (Wildman–Crippen LogP) is 4.21. The smallest absolute Gasteiger partial charge is 0.259 e. The highest BCUT2D eigenvalue weighted by Gasteiger charge is 2.56. The SMILES string of the molecule is O=C1c2ccccc2[C@]2(c3cccs3)Cc3ccccc3N12. The van der Waals surface area contributed by atoms with E-state index >= 15 is 0 Å². The van der Waals surface area contributed by atoms with Gasteiger partial charge in [-0.15, -0.1) is 11.3 Å². The van der Waals surface area contributed by atoms with E-state index < -0.39 is 0 Å². The summed E-state index contributed by atoms with van der Waals surface area (Å²) in [6, 6.07) is 20.5. The van der Waals surface area contributed by atoms with Crippen LogP contribution in [0.25, 0.3) is 0 Å². The van der Waals surface area contributed by atoms with E-state index in [9.17, 15) is 4.79 Å². The molecule has 1 atom stereocenters. The van der Waals surface area contributed by atoms with Crippen LogP contribution in [0.1, 0.15) is 26.4 Å². The fourth-order valence-electron chi connectivity index (χ4n) is 3.93. The summed E-state index contributed by atoms with van der Waals surface area (Å²) in [5.74, 6) is 0.119. The van der Waals surface area contributed by atoms with E-state index in [1.165, 1.54) is 10.4 Å². The van der Waals surface area contributed by atoms with Crippen LogP contribution in [0, 0.1) is 0 Å². The van der Waals surface area contributed by atoms with Crippen LogP contribution in [0.3, 0.4) is 0 Å². The Morgan fingerprint density at radius 3 is 2.64 bits per heavy atom. The van der Waals surface area contributed by atoms with Crippen LogP contribution in [0.5, 0.6) is 0 Å². The Bertz CT molecular complexity index is 899. The molecule has 0 saturated carbocycles. The van der Waals surface area contributed by atoms with Crippen LogP contribution < -0.4 is 4.90 Å². The first kappa shape index (κ1) is 12.2. The number of hydrogen-bond acceptors (Lipinski definition) is 2. The minimum absolute atomic E-state index is 0.119. The summed E-state index contributed by atoms with van der Waals surface area (Å²) in [6.45, 7) is 0. The van der Waals surface area contributed by atoms with Gasteiger partial charge in [0.1, 0.15) is 5.54 Å². The molecule has 0 bridgehead atoms. The molecule has 22 heavy (non-hydrogen) atoms. The number of carbonyl (C=O) groups is 1. The molecule has 0 aliphatic carbocycles. The average molecular weight is 303 g/mol. The van der Waals surface area contributed by atoms with Crippen molar-refractivity contribution in [3.63, 3.8) is 0 Å². The maximum atomic E-state index is 13.1. The van der Waals surface area contributed by atoms with E-state index in [1.807, 2.05) is 29.2 Å². The van der Waals surface area contributed by atoms with Gasteiger partial charge in [0, 0.05) is 22.5 Å². The standard InChI is InChI=1S/C19H13NOS/c21-18-14-7-2-3-8-15(14)19(17-10-5-11-22-17)12-13-6-1-4-9-16(13)20(18)19/h1-11H,12H2/t19-/m0/s1. The summed E-state index contributed by atoms with van der Waals surface area (Å²) in [6.07, 6.45) is 0.854. The van der Waals surface area contributed by atoms with Gasteiger partial charge >= 0.3 is 0 Å². The van der Waals surface area contributed by atoms with Crippen molar-refractivity contribution in [1.82, 2.24) is 0 Å². The Balaban J connectivity index is 1.88. The lowest BCUT2D eigenvalue weighted by Gasteiger charge is -2.32. The van der Waals surface area contributed by atoms with Crippen molar-refractivity contribution in [3.8, 4) is 0 Å². The summed E-state index contributed by atoms with van der Waals surface area (Å²) in [4.78, 5) is 16.3. The number of hydrogen-bond donors (Lipinski definition) is 0. The molecule has 3 aromatic rings. The molecule has 0 N–H and O–H groups in total. The van der Waals surface area contributed by atoms with Crippen LogP contribution in [0.15, 0.2) is 66.0 Å². The summed E-state index contributed by atoms with van der Waals surface area (Å²) in [5, 5.41) is 2.09. The summed E-state index contributed by atoms with van der Waals surface area (Å²) in [7, 11) is 0. The van der Waals surface area contributed by atoms with E-state index in [0.717, 1.165) is 23.2 Å². The van der Waals surface area contributed by atoms with Crippen LogP contribution in [0.4, 0.5) is 5.69 Å². The molecule has 1 aromatic heterocycles. The largest absolute Gasteiger partial charge is 0.293 e. The minimum atomic E-state index is -0.356. The third kappa shape index (κ3) is 1.28. The highest BCUT2D eigenvalue weighted by Crippen LogP contribution is 2.55. The number of fused-ring (bicyclic) bond motifs is 5. The molecule has 1 amide bonds. The van der Waals surface area contributed by atoms with Gasteiger partial charge in [-0.1, -0.05) is 42.5 Å². The number of rotatable bonds is 1. The molecule has 2 aliphatic rings. The predicted molar refractivity (Wildman–Crippen MR) is 88.5 cm³/mol. The van der Waals surface area contributed by atoms with E-state index in [1.54, 1.807) is 11.3 Å². The van der Waals surface area contributed by atoms with E-state index in [-0.39, 0.29) is 11.4 Å². The minimum Gasteiger partial charge on any atom is -0.293 e. The second-order valence-electron chi connectivity index (χ2n) is 5.83. The molecule has 0 unspecified atom stereocenters. The Hall–Kier alpha value is -2.39. The topological polar surface area (TPSA) is 20.3 Å². The van der Waals surface area contributed by atoms with E-state index in [4.69, 9.17) is 0 Å². The quantitative estimate of drug-likeness (QED) is 0.659. The van der Waals surface area contributed by atoms with Crippen molar-refractivity contribution >= 4 is 22.9 Å². The van der Waals surface area contributed by atoms with Crippen LogP contribution in [-0.2, 0) is 12.0 Å². The molecule has 106 valence electrons. The Morgan fingerprint density at radius 1 is 0.955 bits per heavy atom. The van der Waals surface area contributed by atoms with Crippen molar-refractivity contribution in [3.05, 3.63) is 87.6 Å². The number of para-hydroxylation sites is 1. The monoisotopic (exact) mass is 303 g/mol. The third-order valence-corrected chi connectivity index (χ3v) is 5.82. The Labute approximate surface area is 132 Å². The van der Waals surface area contributed by atoms with Crippen LogP contribution >= 0.6 is 11.3 Å². The van der Waals surface area contributed by atoms with Gasteiger partial charge in [-0.05, 0) is 34.7 Å². The first-order valence-electron chi connectivity index (χ1n) is 7.38. The van der Waals surface area contributed by atoms with Crippen LogP contribution in [0.2, 0.25) is 0 Å². The molecule has 3 heteroatoms. The van der Waals surface area contributed by atoms with Crippen molar-refractivity contribution in [2.45, 2.75) is 12.0 Å². The fourth-order valence-corrected chi connectivity index (χ4v) is 4.86. The molecule has 0 fully saturated rings. The lowest BCUT2D eigenvalue weighted by atomic mass is 9.85. The number of amides is 1. The lowest BCUT2D eigenvalue weighted by molar-refractivity contribution is 0.0986. The lowest BCUT2D eigenvalue weighted by Crippen LogP contribution is -2.41. The van der Waals surface area contributed by atoms with Crippen molar-refractivity contribution in [2.75, 3.05) is 4.90 Å². The summed E-state index contributed by atoms with van der Waals surface area (Å²) >= 11 is 1.73.